The molecule has 1 fully saturated rings. The summed E-state index contributed by atoms with van der Waals surface area (Å²) in [4.78, 5) is 31.4. The molecule has 1 unspecified atom stereocenters. The van der Waals surface area contributed by atoms with E-state index in [1.165, 1.54) is 31.4 Å². The number of aromatic nitrogens is 1. The van der Waals surface area contributed by atoms with Crippen LogP contribution in [0.4, 0.5) is 15.9 Å². The van der Waals surface area contributed by atoms with Gasteiger partial charge in [0.25, 0.3) is 0 Å². The fourth-order valence-electron chi connectivity index (χ4n) is 3.85. The quantitative estimate of drug-likeness (QED) is 0.853. The minimum absolute atomic E-state index is 0.0554. The summed E-state index contributed by atoms with van der Waals surface area (Å²) in [5.74, 6) is -0.646. The largest absolute Gasteiger partial charge is 0.357 e. The molecule has 2 aliphatic heterocycles. The molecule has 3 heterocycles. The number of amides is 2. The lowest BCUT2D eigenvalue weighted by atomic mass is 9.89. The lowest BCUT2D eigenvalue weighted by Gasteiger charge is -2.28. The number of benzene rings is 1. The zero-order valence-electron chi connectivity index (χ0n) is 15.6. The van der Waals surface area contributed by atoms with E-state index in [1.54, 1.807) is 12.3 Å². The Kier molecular flexibility index (Phi) is 5.23. The average molecular weight is 382 g/mol. The van der Waals surface area contributed by atoms with Gasteiger partial charge in [-0.25, -0.2) is 9.37 Å². The van der Waals surface area contributed by atoms with Crippen LogP contribution in [0.3, 0.4) is 0 Å². The highest BCUT2D eigenvalue weighted by atomic mass is 19.1. The Morgan fingerprint density at radius 1 is 1.21 bits per heavy atom. The Hall–Kier alpha value is -2.96. The van der Waals surface area contributed by atoms with Gasteiger partial charge in [0.15, 0.2) is 0 Å². The SMILES string of the molecule is O=C1CC(C(=O)NCc2ccnc(N3CCCCC3)c2)c2ccc(F)cc2N1. The minimum Gasteiger partial charge on any atom is -0.357 e. The highest BCUT2D eigenvalue weighted by Gasteiger charge is 2.30. The number of hydrogen-bond donors (Lipinski definition) is 2. The van der Waals surface area contributed by atoms with Crippen molar-refractivity contribution < 1.29 is 14.0 Å². The second kappa shape index (κ2) is 7.96. The topological polar surface area (TPSA) is 74.3 Å². The van der Waals surface area contributed by atoms with E-state index in [0.29, 0.717) is 17.8 Å². The summed E-state index contributed by atoms with van der Waals surface area (Å²) in [6.07, 6.45) is 5.42. The Morgan fingerprint density at radius 3 is 2.86 bits per heavy atom. The van der Waals surface area contributed by atoms with E-state index in [-0.39, 0.29) is 18.2 Å². The number of carbonyl (C=O) groups excluding carboxylic acids is 2. The first-order valence-electron chi connectivity index (χ1n) is 9.67. The van der Waals surface area contributed by atoms with Crippen LogP contribution in [0.25, 0.3) is 0 Å². The zero-order valence-corrected chi connectivity index (χ0v) is 15.6. The molecule has 146 valence electrons. The van der Waals surface area contributed by atoms with Crippen LogP contribution in [0.2, 0.25) is 0 Å². The molecule has 0 saturated carbocycles. The molecular formula is C21H23FN4O2. The molecule has 1 atom stereocenters. The van der Waals surface area contributed by atoms with Crippen LogP contribution in [0.5, 0.6) is 0 Å². The monoisotopic (exact) mass is 382 g/mol. The molecule has 2 amide bonds. The Bertz CT molecular complexity index is 896. The van der Waals surface area contributed by atoms with Gasteiger partial charge in [0.05, 0.1) is 5.92 Å². The zero-order chi connectivity index (χ0) is 19.5. The van der Waals surface area contributed by atoms with Crippen LogP contribution in [0.1, 0.15) is 42.7 Å². The van der Waals surface area contributed by atoms with Gasteiger partial charge in [-0.3, -0.25) is 9.59 Å². The summed E-state index contributed by atoms with van der Waals surface area (Å²) in [5.41, 5.74) is 1.97. The minimum atomic E-state index is -0.618. The van der Waals surface area contributed by atoms with Crippen LogP contribution in [-0.4, -0.2) is 29.9 Å². The van der Waals surface area contributed by atoms with Gasteiger partial charge in [-0.1, -0.05) is 6.07 Å². The molecular weight excluding hydrogens is 359 g/mol. The number of pyridine rings is 1. The van der Waals surface area contributed by atoms with Gasteiger partial charge in [0.1, 0.15) is 11.6 Å². The Morgan fingerprint density at radius 2 is 2.04 bits per heavy atom. The predicted molar refractivity (Wildman–Crippen MR) is 105 cm³/mol. The second-order valence-corrected chi connectivity index (χ2v) is 7.32. The van der Waals surface area contributed by atoms with Crippen molar-refractivity contribution in [3.05, 3.63) is 53.5 Å². The number of fused-ring (bicyclic) bond motifs is 1. The highest BCUT2D eigenvalue weighted by Crippen LogP contribution is 2.33. The Labute approximate surface area is 163 Å². The van der Waals surface area contributed by atoms with E-state index in [2.05, 4.69) is 20.5 Å². The van der Waals surface area contributed by atoms with Crippen LogP contribution in [0, 0.1) is 5.82 Å². The number of hydrogen-bond acceptors (Lipinski definition) is 4. The number of piperidine rings is 1. The summed E-state index contributed by atoms with van der Waals surface area (Å²) < 4.78 is 13.4. The fourth-order valence-corrected chi connectivity index (χ4v) is 3.85. The van der Waals surface area contributed by atoms with E-state index in [0.717, 1.165) is 24.5 Å². The molecule has 4 rings (SSSR count). The van der Waals surface area contributed by atoms with Crippen molar-refractivity contribution in [2.45, 2.75) is 38.1 Å². The van der Waals surface area contributed by atoms with Crippen molar-refractivity contribution in [2.24, 2.45) is 0 Å². The van der Waals surface area contributed by atoms with Crippen LogP contribution in [0.15, 0.2) is 36.5 Å². The number of carbonyl (C=O) groups is 2. The summed E-state index contributed by atoms with van der Waals surface area (Å²) in [7, 11) is 0. The molecule has 2 N–H and O–H groups in total. The number of halogens is 1. The third-order valence-corrected chi connectivity index (χ3v) is 5.33. The molecule has 0 radical (unpaired) electrons. The maximum absolute atomic E-state index is 13.4. The van der Waals surface area contributed by atoms with Crippen molar-refractivity contribution in [1.82, 2.24) is 10.3 Å². The maximum Gasteiger partial charge on any atom is 0.228 e. The lowest BCUT2D eigenvalue weighted by Crippen LogP contribution is -2.35. The first kappa shape index (κ1) is 18.4. The van der Waals surface area contributed by atoms with Crippen molar-refractivity contribution in [2.75, 3.05) is 23.3 Å². The molecule has 1 aromatic heterocycles. The van der Waals surface area contributed by atoms with E-state index >= 15 is 0 Å². The van der Waals surface area contributed by atoms with E-state index in [9.17, 15) is 14.0 Å². The third-order valence-electron chi connectivity index (χ3n) is 5.33. The first-order valence-corrected chi connectivity index (χ1v) is 9.67. The van der Waals surface area contributed by atoms with Gasteiger partial charge in [-0.2, -0.15) is 0 Å². The molecule has 2 aromatic rings. The molecule has 1 saturated heterocycles. The van der Waals surface area contributed by atoms with E-state index in [4.69, 9.17) is 0 Å². The summed E-state index contributed by atoms with van der Waals surface area (Å²) >= 11 is 0. The molecule has 0 bridgehead atoms. The fraction of sp³-hybridized carbons (Fsp3) is 0.381. The molecule has 1 aromatic carbocycles. The average Bonchev–Trinajstić information content (AvgIpc) is 2.72. The summed E-state index contributed by atoms with van der Waals surface area (Å²) in [6.45, 7) is 2.37. The van der Waals surface area contributed by atoms with E-state index in [1.807, 2.05) is 12.1 Å². The van der Waals surface area contributed by atoms with Gasteiger partial charge < -0.3 is 15.5 Å². The molecule has 0 spiro atoms. The third kappa shape index (κ3) is 3.98. The van der Waals surface area contributed by atoms with Gasteiger partial charge in [-0.15, -0.1) is 0 Å². The standard InChI is InChI=1S/C21H23FN4O2/c22-15-4-5-16-17(12-20(27)25-18(16)11-15)21(28)24-13-14-6-7-23-19(10-14)26-8-2-1-3-9-26/h4-7,10-11,17H,1-3,8-9,12-13H2,(H,24,28)(H,25,27). The summed E-state index contributed by atoms with van der Waals surface area (Å²) in [6, 6.07) is 8.01. The Balaban J connectivity index is 1.44. The van der Waals surface area contributed by atoms with Gasteiger partial charge in [0.2, 0.25) is 11.8 Å². The smallest absolute Gasteiger partial charge is 0.228 e. The van der Waals surface area contributed by atoms with Crippen molar-refractivity contribution >= 4 is 23.3 Å². The van der Waals surface area contributed by atoms with E-state index < -0.39 is 11.7 Å². The molecule has 0 aliphatic carbocycles. The second-order valence-electron chi connectivity index (χ2n) is 7.32. The number of nitrogens with one attached hydrogen (secondary N) is 2. The van der Waals surface area contributed by atoms with Crippen molar-refractivity contribution in [3.63, 3.8) is 0 Å². The molecule has 2 aliphatic rings. The van der Waals surface area contributed by atoms with Gasteiger partial charge in [0, 0.05) is 37.9 Å². The number of anilines is 2. The van der Waals surface area contributed by atoms with Crippen molar-refractivity contribution in [3.8, 4) is 0 Å². The summed E-state index contributed by atoms with van der Waals surface area (Å²) in [5, 5.41) is 5.55. The first-order chi connectivity index (χ1) is 13.6. The van der Waals surface area contributed by atoms with Gasteiger partial charge >= 0.3 is 0 Å². The highest BCUT2D eigenvalue weighted by molar-refractivity contribution is 6.01. The normalized spacial score (nSPS) is 19.0. The van der Waals surface area contributed by atoms with Gasteiger partial charge in [-0.05, 0) is 54.7 Å². The molecule has 28 heavy (non-hydrogen) atoms. The maximum atomic E-state index is 13.4. The predicted octanol–water partition coefficient (Wildman–Crippen LogP) is 2.95. The van der Waals surface area contributed by atoms with Crippen molar-refractivity contribution in [1.29, 1.82) is 0 Å². The lowest BCUT2D eigenvalue weighted by molar-refractivity contribution is -0.126. The molecule has 7 heteroatoms. The van der Waals surface area contributed by atoms with Crippen LogP contribution in [-0.2, 0) is 16.1 Å². The number of nitrogens with zero attached hydrogens (tertiary/aromatic N) is 2. The number of rotatable bonds is 4. The van der Waals surface area contributed by atoms with Crippen LogP contribution < -0.4 is 15.5 Å². The van der Waals surface area contributed by atoms with Crippen LogP contribution >= 0.6 is 0 Å². The molecule has 6 nitrogen and oxygen atoms in total.